The molecule has 0 spiro atoms. The summed E-state index contributed by atoms with van der Waals surface area (Å²) in [6.07, 6.45) is 0. The Morgan fingerprint density at radius 2 is 2.08 bits per heavy atom. The van der Waals surface area contributed by atoms with E-state index < -0.39 is 0 Å². The quantitative estimate of drug-likeness (QED) is 0.760. The van der Waals surface area contributed by atoms with Crippen molar-refractivity contribution in [3.63, 3.8) is 0 Å². The lowest BCUT2D eigenvalue weighted by Gasteiger charge is -2.29. The van der Waals surface area contributed by atoms with Crippen molar-refractivity contribution in [3.05, 3.63) is 45.9 Å². The number of benzene rings is 1. The molecule has 1 amide bonds. The van der Waals surface area contributed by atoms with Crippen LogP contribution in [-0.4, -0.2) is 35.9 Å². The van der Waals surface area contributed by atoms with Crippen LogP contribution in [0.25, 0.3) is 0 Å². The largest absolute Gasteiger partial charge is 0.341 e. The first-order chi connectivity index (χ1) is 11.3. The normalized spacial score (nSPS) is 11.5. The van der Waals surface area contributed by atoms with E-state index in [1.165, 1.54) is 0 Å². The van der Waals surface area contributed by atoms with Gasteiger partial charge in [-0.2, -0.15) is 0 Å². The Morgan fingerprint density at radius 1 is 1.38 bits per heavy atom. The molecule has 0 atom stereocenters. The van der Waals surface area contributed by atoms with E-state index in [0.29, 0.717) is 13.1 Å². The average molecular weight is 364 g/mol. The summed E-state index contributed by atoms with van der Waals surface area (Å²) in [5, 5.41) is 3.14. The minimum Gasteiger partial charge on any atom is -0.341 e. The average Bonchev–Trinajstić information content (AvgIpc) is 2.97. The van der Waals surface area contributed by atoms with Crippen molar-refractivity contribution in [2.75, 3.05) is 20.1 Å². The van der Waals surface area contributed by atoms with Crippen molar-refractivity contribution in [1.82, 2.24) is 9.88 Å². The van der Waals surface area contributed by atoms with Crippen molar-refractivity contribution < 1.29 is 4.79 Å². The second-order valence-corrected chi connectivity index (χ2v) is 8.75. The number of rotatable bonds is 7. The van der Waals surface area contributed by atoms with E-state index in [9.17, 15) is 4.79 Å². The van der Waals surface area contributed by atoms with E-state index in [-0.39, 0.29) is 11.3 Å². The number of thiazole rings is 1. The zero-order valence-corrected chi connectivity index (χ0v) is 16.3. The van der Waals surface area contributed by atoms with Crippen LogP contribution in [0.5, 0.6) is 0 Å². The number of hydrogen-bond donors (Lipinski definition) is 1. The monoisotopic (exact) mass is 363 g/mol. The summed E-state index contributed by atoms with van der Waals surface area (Å²) in [6.45, 7) is 7.32. The van der Waals surface area contributed by atoms with Crippen molar-refractivity contribution in [2.24, 2.45) is 11.1 Å². The third-order valence-corrected chi connectivity index (χ3v) is 5.65. The van der Waals surface area contributed by atoms with Gasteiger partial charge < -0.3 is 10.6 Å². The van der Waals surface area contributed by atoms with Gasteiger partial charge >= 0.3 is 0 Å². The molecule has 2 N–H and O–H groups in total. The van der Waals surface area contributed by atoms with Crippen LogP contribution < -0.4 is 5.73 Å². The summed E-state index contributed by atoms with van der Waals surface area (Å²) in [6, 6.07) is 7.77. The third kappa shape index (κ3) is 5.06. The van der Waals surface area contributed by atoms with Gasteiger partial charge in [0.25, 0.3) is 5.91 Å². The van der Waals surface area contributed by atoms with Crippen molar-refractivity contribution in [1.29, 1.82) is 0 Å². The fourth-order valence-electron chi connectivity index (χ4n) is 2.38. The second kappa shape index (κ2) is 8.14. The number of aryl methyl sites for hydroxylation is 1. The van der Waals surface area contributed by atoms with Gasteiger partial charge in [0.05, 0.1) is 16.3 Å². The highest BCUT2D eigenvalue weighted by Gasteiger charge is 2.23. The topological polar surface area (TPSA) is 59.2 Å². The summed E-state index contributed by atoms with van der Waals surface area (Å²) >= 11 is 3.31. The van der Waals surface area contributed by atoms with Crippen LogP contribution in [0.15, 0.2) is 34.5 Å². The number of carbonyl (C=O) groups is 1. The van der Waals surface area contributed by atoms with Crippen molar-refractivity contribution in [3.8, 4) is 0 Å². The molecule has 0 radical (unpaired) electrons. The maximum atomic E-state index is 12.8. The summed E-state index contributed by atoms with van der Waals surface area (Å²) in [7, 11) is 1.84. The van der Waals surface area contributed by atoms with Gasteiger partial charge in [-0.15, -0.1) is 23.1 Å². The maximum absolute atomic E-state index is 12.8. The Hall–Kier alpha value is -1.37. The molecule has 24 heavy (non-hydrogen) atoms. The van der Waals surface area contributed by atoms with Crippen LogP contribution in [0.4, 0.5) is 0 Å². The Balaban J connectivity index is 2.11. The molecular weight excluding hydrogens is 338 g/mol. The highest BCUT2D eigenvalue weighted by molar-refractivity contribution is 7.98. The molecule has 0 bridgehead atoms. The van der Waals surface area contributed by atoms with Crippen LogP contribution in [0.3, 0.4) is 0 Å². The number of hydrogen-bond acceptors (Lipinski definition) is 5. The highest BCUT2D eigenvalue weighted by Crippen LogP contribution is 2.28. The fourth-order valence-corrected chi connectivity index (χ4v) is 4.03. The highest BCUT2D eigenvalue weighted by atomic mass is 32.2. The van der Waals surface area contributed by atoms with E-state index in [1.807, 2.05) is 38.2 Å². The second-order valence-electron chi connectivity index (χ2n) is 6.67. The molecule has 6 heteroatoms. The zero-order chi connectivity index (χ0) is 17.7. The molecule has 130 valence electrons. The van der Waals surface area contributed by atoms with Gasteiger partial charge in [-0.05, 0) is 31.0 Å². The molecule has 0 fully saturated rings. The van der Waals surface area contributed by atoms with E-state index >= 15 is 0 Å². The first kappa shape index (κ1) is 19.0. The molecule has 0 unspecified atom stereocenters. The summed E-state index contributed by atoms with van der Waals surface area (Å²) in [5.41, 5.74) is 7.50. The Morgan fingerprint density at radius 3 is 2.71 bits per heavy atom. The lowest BCUT2D eigenvalue weighted by Crippen LogP contribution is -2.39. The summed E-state index contributed by atoms with van der Waals surface area (Å²) in [5.74, 6) is 0.807. The Kier molecular flexibility index (Phi) is 6.43. The molecule has 0 saturated carbocycles. The lowest BCUT2D eigenvalue weighted by atomic mass is 9.93. The number of amides is 1. The van der Waals surface area contributed by atoms with Gasteiger partial charge in [-0.3, -0.25) is 4.79 Å². The van der Waals surface area contributed by atoms with Crippen LogP contribution in [-0.2, 0) is 5.75 Å². The Bertz CT molecular complexity index is 697. The Labute approximate surface area is 152 Å². The smallest absolute Gasteiger partial charge is 0.254 e. The van der Waals surface area contributed by atoms with E-state index in [1.54, 1.807) is 28.0 Å². The predicted molar refractivity (Wildman–Crippen MR) is 103 cm³/mol. The van der Waals surface area contributed by atoms with Gasteiger partial charge in [0.15, 0.2) is 0 Å². The number of nitrogens with two attached hydrogens (primary N) is 1. The SMILES string of the molecule is Cc1nc(CSc2ccccc2C(=O)N(C)CC(C)(C)CN)cs1. The first-order valence-corrected chi connectivity index (χ1v) is 9.77. The molecule has 1 aromatic heterocycles. The minimum absolute atomic E-state index is 0.0362. The molecule has 0 aliphatic rings. The molecule has 2 aromatic rings. The van der Waals surface area contributed by atoms with Gasteiger partial charge in [0, 0.05) is 29.6 Å². The van der Waals surface area contributed by atoms with Crippen LogP contribution in [0, 0.1) is 12.3 Å². The molecule has 1 heterocycles. The standard InChI is InChI=1S/C18H25N3OS2/c1-13-20-14(9-23-13)10-24-16-8-6-5-7-15(16)17(22)21(4)12-18(2,3)11-19/h5-9H,10-12,19H2,1-4H3. The maximum Gasteiger partial charge on any atom is 0.254 e. The number of aromatic nitrogens is 1. The minimum atomic E-state index is -0.0926. The van der Waals surface area contributed by atoms with Gasteiger partial charge in [0.2, 0.25) is 0 Å². The molecule has 0 saturated heterocycles. The van der Waals surface area contributed by atoms with E-state index in [4.69, 9.17) is 5.73 Å². The molecule has 1 aromatic carbocycles. The van der Waals surface area contributed by atoms with Crippen LogP contribution in [0.1, 0.15) is 34.9 Å². The van der Waals surface area contributed by atoms with Crippen molar-refractivity contribution >= 4 is 29.0 Å². The fraction of sp³-hybridized carbons (Fsp3) is 0.444. The van der Waals surface area contributed by atoms with E-state index in [2.05, 4.69) is 24.2 Å². The van der Waals surface area contributed by atoms with Gasteiger partial charge in [0.1, 0.15) is 0 Å². The van der Waals surface area contributed by atoms with Crippen LogP contribution >= 0.6 is 23.1 Å². The number of nitrogens with zero attached hydrogens (tertiary/aromatic N) is 2. The third-order valence-electron chi connectivity index (χ3n) is 3.72. The predicted octanol–water partition coefficient (Wildman–Crippen LogP) is 3.80. The van der Waals surface area contributed by atoms with E-state index in [0.717, 1.165) is 26.9 Å². The molecule has 0 aliphatic heterocycles. The lowest BCUT2D eigenvalue weighted by molar-refractivity contribution is 0.0737. The molecular formula is C18H25N3OS2. The first-order valence-electron chi connectivity index (χ1n) is 7.91. The van der Waals surface area contributed by atoms with Crippen molar-refractivity contribution in [2.45, 2.75) is 31.4 Å². The number of thioether (sulfide) groups is 1. The summed E-state index contributed by atoms with van der Waals surface area (Å²) in [4.78, 5) is 20.1. The number of carbonyl (C=O) groups excluding carboxylic acids is 1. The van der Waals surface area contributed by atoms with Gasteiger partial charge in [-0.1, -0.05) is 26.0 Å². The molecule has 0 aliphatic carbocycles. The summed E-state index contributed by atoms with van der Waals surface area (Å²) < 4.78 is 0. The molecule has 4 nitrogen and oxygen atoms in total. The molecule has 2 rings (SSSR count). The van der Waals surface area contributed by atoms with Crippen LogP contribution in [0.2, 0.25) is 0 Å². The zero-order valence-electron chi connectivity index (χ0n) is 14.7. The van der Waals surface area contributed by atoms with Gasteiger partial charge in [-0.25, -0.2) is 4.98 Å².